The van der Waals surface area contributed by atoms with Gasteiger partial charge in [-0.25, -0.2) is 0 Å². The van der Waals surface area contributed by atoms with E-state index in [1.165, 1.54) is 32.1 Å². The van der Waals surface area contributed by atoms with Crippen molar-refractivity contribution >= 4 is 10.8 Å². The lowest BCUT2D eigenvalue weighted by Gasteiger charge is -2.28. The molecule has 0 aliphatic heterocycles. The zero-order valence-electron chi connectivity index (χ0n) is 10.1. The Morgan fingerprint density at radius 2 is 1.87 bits per heavy atom. The van der Waals surface area contributed by atoms with Gasteiger partial charge < -0.3 is 5.32 Å². The molecule has 0 aromatic carbocycles. The van der Waals surface area contributed by atoms with Gasteiger partial charge in [-0.1, -0.05) is 20.3 Å². The minimum absolute atomic E-state index is 0.602. The number of hydrogen-bond donors (Lipinski definition) is 1. The second-order valence-electron chi connectivity index (χ2n) is 4.51. The first-order chi connectivity index (χ1) is 7.26. The zero-order chi connectivity index (χ0) is 11.1. The fraction of sp³-hybridized carbons (Fsp3) is 1.00. The van der Waals surface area contributed by atoms with Gasteiger partial charge in [0.2, 0.25) is 0 Å². The molecule has 1 aliphatic rings. The first-order valence-electron chi connectivity index (χ1n) is 6.34. The number of hydrogen-bond acceptors (Lipinski definition) is 2. The second kappa shape index (κ2) is 7.39. The quantitative estimate of drug-likeness (QED) is 0.760. The maximum absolute atomic E-state index is 11.2. The van der Waals surface area contributed by atoms with Crippen molar-refractivity contribution in [2.45, 2.75) is 52.0 Å². The van der Waals surface area contributed by atoms with Crippen LogP contribution in [0.4, 0.5) is 0 Å². The highest BCUT2D eigenvalue weighted by Gasteiger charge is 2.19. The molecule has 1 fully saturated rings. The van der Waals surface area contributed by atoms with E-state index in [0.29, 0.717) is 6.04 Å². The van der Waals surface area contributed by atoms with Gasteiger partial charge in [-0.2, -0.15) is 0 Å². The zero-order valence-corrected chi connectivity index (χ0v) is 10.9. The van der Waals surface area contributed by atoms with Crippen molar-refractivity contribution in [3.63, 3.8) is 0 Å². The first kappa shape index (κ1) is 13.2. The Hall–Kier alpha value is 0.110. The van der Waals surface area contributed by atoms with E-state index in [-0.39, 0.29) is 0 Å². The molecule has 0 saturated heterocycles. The molecule has 2 nitrogen and oxygen atoms in total. The molecule has 90 valence electrons. The van der Waals surface area contributed by atoms with Gasteiger partial charge in [0.05, 0.1) is 0 Å². The Bertz CT molecular complexity index is 188. The van der Waals surface area contributed by atoms with Gasteiger partial charge in [0.15, 0.2) is 0 Å². The van der Waals surface area contributed by atoms with E-state index in [1.54, 1.807) is 0 Å². The van der Waals surface area contributed by atoms with Crippen molar-refractivity contribution in [3.05, 3.63) is 0 Å². The van der Waals surface area contributed by atoms with Crippen molar-refractivity contribution in [2.24, 2.45) is 5.92 Å². The molecule has 1 unspecified atom stereocenters. The van der Waals surface area contributed by atoms with Crippen molar-refractivity contribution in [1.82, 2.24) is 5.32 Å². The van der Waals surface area contributed by atoms with Crippen molar-refractivity contribution < 1.29 is 4.21 Å². The van der Waals surface area contributed by atoms with Crippen LogP contribution in [0.15, 0.2) is 0 Å². The number of rotatable bonds is 6. The lowest BCUT2D eigenvalue weighted by atomic mass is 9.84. The summed E-state index contributed by atoms with van der Waals surface area (Å²) in [4.78, 5) is 0. The molecule has 3 heteroatoms. The molecule has 1 N–H and O–H groups in total. The molecule has 0 aromatic heterocycles. The third-order valence-electron chi connectivity index (χ3n) is 3.51. The van der Waals surface area contributed by atoms with Crippen LogP contribution >= 0.6 is 0 Å². The van der Waals surface area contributed by atoms with E-state index >= 15 is 0 Å². The SMILES string of the molecule is CCC1CCC(NCCS(=O)CC)CC1. The van der Waals surface area contributed by atoms with E-state index in [4.69, 9.17) is 0 Å². The molecule has 0 spiro atoms. The van der Waals surface area contributed by atoms with Crippen molar-refractivity contribution in [3.8, 4) is 0 Å². The molecule has 1 atom stereocenters. The molecule has 0 radical (unpaired) electrons. The third kappa shape index (κ3) is 5.12. The van der Waals surface area contributed by atoms with Gasteiger partial charge in [-0.15, -0.1) is 0 Å². The third-order valence-corrected chi connectivity index (χ3v) is 4.81. The second-order valence-corrected chi connectivity index (χ2v) is 6.38. The fourth-order valence-electron chi connectivity index (χ4n) is 2.30. The summed E-state index contributed by atoms with van der Waals surface area (Å²) in [6.07, 6.45) is 6.73. The maximum atomic E-state index is 11.2. The standard InChI is InChI=1S/C12H25NOS/c1-3-11-5-7-12(8-6-11)13-9-10-15(14)4-2/h11-13H,3-10H2,1-2H3. The lowest BCUT2D eigenvalue weighted by molar-refractivity contribution is 0.289. The van der Waals surface area contributed by atoms with Crippen LogP contribution in [0.1, 0.15) is 46.0 Å². The smallest absolute Gasteiger partial charge is 0.0360 e. The largest absolute Gasteiger partial charge is 0.313 e. The summed E-state index contributed by atoms with van der Waals surface area (Å²) in [6, 6.07) is 0.696. The number of nitrogens with one attached hydrogen (secondary N) is 1. The van der Waals surface area contributed by atoms with Crippen LogP contribution in [-0.4, -0.2) is 28.3 Å². The summed E-state index contributed by atoms with van der Waals surface area (Å²) in [7, 11) is -0.602. The average Bonchev–Trinajstić information content (AvgIpc) is 2.29. The van der Waals surface area contributed by atoms with Crippen LogP contribution in [0, 0.1) is 5.92 Å². The molecular weight excluding hydrogens is 206 g/mol. The van der Waals surface area contributed by atoms with E-state index in [1.807, 2.05) is 6.92 Å². The first-order valence-corrected chi connectivity index (χ1v) is 7.83. The monoisotopic (exact) mass is 231 g/mol. The van der Waals surface area contributed by atoms with E-state index in [0.717, 1.165) is 24.0 Å². The lowest BCUT2D eigenvalue weighted by Crippen LogP contribution is -2.35. The molecular formula is C12H25NOS. The minimum Gasteiger partial charge on any atom is -0.313 e. The van der Waals surface area contributed by atoms with Crippen LogP contribution < -0.4 is 5.32 Å². The Morgan fingerprint density at radius 1 is 1.20 bits per heavy atom. The van der Waals surface area contributed by atoms with Gasteiger partial charge >= 0.3 is 0 Å². The molecule has 0 aromatic rings. The van der Waals surface area contributed by atoms with Gasteiger partial charge in [0, 0.05) is 34.9 Å². The highest BCUT2D eigenvalue weighted by Crippen LogP contribution is 2.26. The Kier molecular flexibility index (Phi) is 6.50. The summed E-state index contributed by atoms with van der Waals surface area (Å²) in [5.74, 6) is 2.59. The van der Waals surface area contributed by atoms with Crippen LogP contribution in [0.5, 0.6) is 0 Å². The molecule has 1 rings (SSSR count). The normalized spacial score (nSPS) is 28.9. The van der Waals surface area contributed by atoms with E-state index in [2.05, 4.69) is 12.2 Å². The Morgan fingerprint density at radius 3 is 2.40 bits per heavy atom. The molecule has 0 bridgehead atoms. The molecule has 0 heterocycles. The highest BCUT2D eigenvalue weighted by molar-refractivity contribution is 7.84. The fourth-order valence-corrected chi connectivity index (χ4v) is 2.93. The van der Waals surface area contributed by atoms with Crippen LogP contribution in [0.3, 0.4) is 0 Å². The topological polar surface area (TPSA) is 29.1 Å². The van der Waals surface area contributed by atoms with Gasteiger partial charge in [-0.3, -0.25) is 4.21 Å². The van der Waals surface area contributed by atoms with E-state index < -0.39 is 10.8 Å². The molecule has 1 aliphatic carbocycles. The minimum atomic E-state index is -0.602. The molecule has 0 amide bonds. The molecule has 15 heavy (non-hydrogen) atoms. The Labute approximate surface area is 96.7 Å². The summed E-state index contributed by atoms with van der Waals surface area (Å²) < 4.78 is 11.2. The highest BCUT2D eigenvalue weighted by atomic mass is 32.2. The molecule has 1 saturated carbocycles. The summed E-state index contributed by atoms with van der Waals surface area (Å²) >= 11 is 0. The predicted molar refractivity (Wildman–Crippen MR) is 67.6 cm³/mol. The maximum Gasteiger partial charge on any atom is 0.0360 e. The van der Waals surface area contributed by atoms with Gasteiger partial charge in [0.1, 0.15) is 0 Å². The van der Waals surface area contributed by atoms with E-state index in [9.17, 15) is 4.21 Å². The van der Waals surface area contributed by atoms with Crippen LogP contribution in [-0.2, 0) is 10.8 Å². The average molecular weight is 231 g/mol. The van der Waals surface area contributed by atoms with Gasteiger partial charge in [0.25, 0.3) is 0 Å². The van der Waals surface area contributed by atoms with Crippen LogP contribution in [0.25, 0.3) is 0 Å². The van der Waals surface area contributed by atoms with Gasteiger partial charge in [-0.05, 0) is 31.6 Å². The van der Waals surface area contributed by atoms with Crippen molar-refractivity contribution in [1.29, 1.82) is 0 Å². The van der Waals surface area contributed by atoms with Crippen molar-refractivity contribution in [2.75, 3.05) is 18.1 Å². The summed E-state index contributed by atoms with van der Waals surface area (Å²) in [6.45, 7) is 5.22. The Balaban J connectivity index is 2.06. The van der Waals surface area contributed by atoms with Crippen LogP contribution in [0.2, 0.25) is 0 Å². The predicted octanol–water partition coefficient (Wildman–Crippen LogP) is 2.31. The summed E-state index contributed by atoms with van der Waals surface area (Å²) in [5.41, 5.74) is 0. The summed E-state index contributed by atoms with van der Waals surface area (Å²) in [5, 5.41) is 3.54.